The summed E-state index contributed by atoms with van der Waals surface area (Å²) >= 11 is 0. The lowest BCUT2D eigenvalue weighted by molar-refractivity contribution is 0.219. The normalized spacial score (nSPS) is 20.5. The first kappa shape index (κ1) is 23.6. The Balaban J connectivity index is 1.34. The summed E-state index contributed by atoms with van der Waals surface area (Å²) in [5.41, 5.74) is 6.32. The van der Waals surface area contributed by atoms with Crippen molar-refractivity contribution in [2.45, 2.75) is 38.1 Å². The summed E-state index contributed by atoms with van der Waals surface area (Å²) in [5, 5.41) is 26.5. The van der Waals surface area contributed by atoms with Crippen LogP contribution in [-0.4, -0.2) is 58.3 Å². The molecule has 0 unspecified atom stereocenters. The summed E-state index contributed by atoms with van der Waals surface area (Å²) in [7, 11) is 2.11. The van der Waals surface area contributed by atoms with Gasteiger partial charge in [0.25, 0.3) is 0 Å². The fourth-order valence-electron chi connectivity index (χ4n) is 5.04. The molecule has 1 aliphatic carbocycles. The maximum Gasteiger partial charge on any atom is 0.238 e. The van der Waals surface area contributed by atoms with E-state index in [9.17, 15) is 10.4 Å². The van der Waals surface area contributed by atoms with Crippen molar-refractivity contribution in [1.29, 1.82) is 5.26 Å². The fourth-order valence-corrected chi connectivity index (χ4v) is 5.04. The Morgan fingerprint density at radius 3 is 2.95 bits per heavy atom. The number of anilines is 3. The molecule has 3 aromatic rings. The number of ether oxygens (including phenoxy) is 1. The minimum atomic E-state index is -0.458. The minimum absolute atomic E-state index is 0.0119. The largest absolute Gasteiger partial charge is 0.476 e. The van der Waals surface area contributed by atoms with Crippen LogP contribution in [-0.2, 0) is 18.4 Å². The third-order valence-electron chi connectivity index (χ3n) is 7.59. The van der Waals surface area contributed by atoms with E-state index in [4.69, 9.17) is 14.7 Å². The second kappa shape index (κ2) is 9.29. The van der Waals surface area contributed by atoms with Crippen LogP contribution in [0.5, 0.6) is 5.88 Å². The van der Waals surface area contributed by atoms with E-state index < -0.39 is 5.41 Å². The van der Waals surface area contributed by atoms with Crippen LogP contribution in [0.2, 0.25) is 0 Å². The Kier molecular flexibility index (Phi) is 5.94. The van der Waals surface area contributed by atoms with Gasteiger partial charge in [0.2, 0.25) is 11.8 Å². The monoisotopic (exact) mass is 497 g/mol. The van der Waals surface area contributed by atoms with Crippen molar-refractivity contribution >= 4 is 17.3 Å². The van der Waals surface area contributed by atoms with E-state index in [-0.39, 0.29) is 6.61 Å². The highest BCUT2D eigenvalue weighted by atomic mass is 16.5. The Morgan fingerprint density at radius 2 is 2.16 bits per heavy atom. The van der Waals surface area contributed by atoms with Gasteiger partial charge in [-0.3, -0.25) is 0 Å². The molecule has 1 saturated carbocycles. The third-order valence-corrected chi connectivity index (χ3v) is 7.59. The number of pyridine rings is 1. The molecule has 0 bridgehead atoms. The number of likely N-dealkylation sites (N-methyl/N-ethyl adjacent to an activating group) is 1. The lowest BCUT2D eigenvalue weighted by atomic mass is 9.83. The fraction of sp³-hybridized carbons (Fsp3) is 0.429. The van der Waals surface area contributed by atoms with Crippen LogP contribution in [0.3, 0.4) is 0 Å². The maximum absolute atomic E-state index is 10.0. The quantitative estimate of drug-likeness (QED) is 0.450. The molecule has 1 atom stereocenters. The van der Waals surface area contributed by atoms with Crippen molar-refractivity contribution in [3.8, 4) is 23.2 Å². The van der Waals surface area contributed by atoms with Crippen molar-refractivity contribution in [2.24, 2.45) is 5.92 Å². The number of rotatable bonds is 7. The van der Waals surface area contributed by atoms with Crippen LogP contribution in [0.4, 0.5) is 17.3 Å². The van der Waals surface area contributed by atoms with Crippen molar-refractivity contribution < 1.29 is 9.84 Å². The number of hydrogen-bond donors (Lipinski definition) is 3. The van der Waals surface area contributed by atoms with Crippen molar-refractivity contribution in [1.82, 2.24) is 19.9 Å². The lowest BCUT2D eigenvalue weighted by Crippen LogP contribution is -2.28. The number of aromatic nitrogens is 3. The average molecular weight is 498 g/mol. The summed E-state index contributed by atoms with van der Waals surface area (Å²) in [6, 6.07) is 10.1. The molecule has 6 rings (SSSR count). The summed E-state index contributed by atoms with van der Waals surface area (Å²) in [5.74, 6) is 1.64. The molecule has 1 fully saturated rings. The first-order chi connectivity index (χ1) is 18.0. The van der Waals surface area contributed by atoms with Crippen molar-refractivity contribution in [2.75, 3.05) is 44.0 Å². The van der Waals surface area contributed by atoms with E-state index in [2.05, 4.69) is 39.7 Å². The Morgan fingerprint density at radius 1 is 1.30 bits per heavy atom. The molecule has 3 N–H and O–H groups in total. The highest BCUT2D eigenvalue weighted by Crippen LogP contribution is 2.41. The molecule has 2 aromatic heterocycles. The van der Waals surface area contributed by atoms with Gasteiger partial charge in [-0.2, -0.15) is 5.26 Å². The van der Waals surface area contributed by atoms with Gasteiger partial charge in [0.1, 0.15) is 11.8 Å². The molecular formula is C28H31N7O2. The Labute approximate surface area is 216 Å². The zero-order valence-corrected chi connectivity index (χ0v) is 21.2. The molecule has 1 aromatic carbocycles. The number of nitrogens with zero attached hydrogens (tertiary/aromatic N) is 5. The highest BCUT2D eigenvalue weighted by Gasteiger charge is 2.36. The topological polar surface area (TPSA) is 119 Å². The Hall–Kier alpha value is -3.74. The number of benzene rings is 1. The molecule has 37 heavy (non-hydrogen) atoms. The van der Waals surface area contributed by atoms with E-state index >= 15 is 0 Å². The average Bonchev–Trinajstić information content (AvgIpc) is 3.69. The molecule has 2 aliphatic heterocycles. The SMILES string of the molecule is CN1CCc2nc(OCC3CC3)c(Nc3nccc(-c4cc(C#N)c5c(c4)[C@@](C)(CO)CN5)n3)cc2C1. The molecular weight excluding hydrogens is 466 g/mol. The molecule has 3 aliphatic rings. The minimum Gasteiger partial charge on any atom is -0.476 e. The lowest BCUT2D eigenvalue weighted by Gasteiger charge is -2.25. The highest BCUT2D eigenvalue weighted by molar-refractivity contribution is 5.76. The van der Waals surface area contributed by atoms with Gasteiger partial charge >= 0.3 is 0 Å². The standard InChI is InChI=1S/C28H31N7O2/c1-28(16-36)15-31-25-19(12-29)9-18(10-21(25)28)22-5-7-30-27(33-22)34-24-11-20-13-35(2)8-6-23(20)32-26(24)37-14-17-3-4-17/h5,7,9-11,17,31,36H,3-4,6,8,13-16H2,1-2H3,(H,30,33,34)/t28-/m1/s1. The first-order valence-electron chi connectivity index (χ1n) is 12.8. The molecule has 0 radical (unpaired) electrons. The summed E-state index contributed by atoms with van der Waals surface area (Å²) < 4.78 is 6.15. The number of nitrogens with one attached hydrogen (secondary N) is 2. The molecule has 0 spiro atoms. The van der Waals surface area contributed by atoms with Gasteiger partial charge in [-0.15, -0.1) is 0 Å². The van der Waals surface area contributed by atoms with E-state index in [1.165, 1.54) is 18.4 Å². The van der Waals surface area contributed by atoms with Gasteiger partial charge in [-0.05, 0) is 61.2 Å². The van der Waals surface area contributed by atoms with E-state index in [0.717, 1.165) is 47.7 Å². The number of fused-ring (bicyclic) bond motifs is 2. The number of aliphatic hydroxyl groups excluding tert-OH is 1. The maximum atomic E-state index is 10.0. The molecule has 4 heterocycles. The van der Waals surface area contributed by atoms with E-state index in [1.807, 2.05) is 25.1 Å². The predicted octanol–water partition coefficient (Wildman–Crippen LogP) is 3.61. The number of hydrogen-bond acceptors (Lipinski definition) is 9. The molecule has 9 nitrogen and oxygen atoms in total. The molecule has 190 valence electrons. The van der Waals surface area contributed by atoms with Crippen LogP contribution >= 0.6 is 0 Å². The number of aliphatic hydroxyl groups is 1. The van der Waals surface area contributed by atoms with Gasteiger partial charge in [-0.25, -0.2) is 15.0 Å². The van der Waals surface area contributed by atoms with E-state index in [1.54, 1.807) is 6.20 Å². The third kappa shape index (κ3) is 4.59. The van der Waals surface area contributed by atoms with E-state index in [0.29, 0.717) is 42.2 Å². The van der Waals surface area contributed by atoms with Crippen LogP contribution < -0.4 is 15.4 Å². The zero-order valence-electron chi connectivity index (χ0n) is 21.2. The smallest absolute Gasteiger partial charge is 0.238 e. The molecule has 0 saturated heterocycles. The van der Waals surface area contributed by atoms with Gasteiger partial charge in [0, 0.05) is 43.2 Å². The summed E-state index contributed by atoms with van der Waals surface area (Å²) in [4.78, 5) is 16.4. The summed E-state index contributed by atoms with van der Waals surface area (Å²) in [6.45, 7) is 5.05. The Bertz CT molecular complexity index is 1400. The van der Waals surface area contributed by atoms with Crippen LogP contribution in [0, 0.1) is 17.2 Å². The van der Waals surface area contributed by atoms with Gasteiger partial charge in [0.05, 0.1) is 35.9 Å². The van der Waals surface area contributed by atoms with Gasteiger partial charge in [0.15, 0.2) is 0 Å². The van der Waals surface area contributed by atoms with Crippen LogP contribution in [0.25, 0.3) is 11.3 Å². The number of nitriles is 1. The second-order valence-corrected chi connectivity index (χ2v) is 10.7. The van der Waals surface area contributed by atoms with Crippen molar-refractivity contribution in [3.63, 3.8) is 0 Å². The molecule has 0 amide bonds. The molecule has 9 heteroatoms. The van der Waals surface area contributed by atoms with Crippen LogP contribution in [0.15, 0.2) is 30.5 Å². The summed E-state index contributed by atoms with van der Waals surface area (Å²) in [6.07, 6.45) is 5.02. The predicted molar refractivity (Wildman–Crippen MR) is 141 cm³/mol. The zero-order chi connectivity index (χ0) is 25.6. The second-order valence-electron chi connectivity index (χ2n) is 10.7. The van der Waals surface area contributed by atoms with Gasteiger partial charge in [-0.1, -0.05) is 6.92 Å². The van der Waals surface area contributed by atoms with Crippen LogP contribution in [0.1, 0.15) is 42.1 Å². The van der Waals surface area contributed by atoms with Gasteiger partial charge < -0.3 is 25.4 Å². The van der Waals surface area contributed by atoms with Crippen molar-refractivity contribution in [3.05, 3.63) is 52.8 Å². The first-order valence-corrected chi connectivity index (χ1v) is 12.8.